The van der Waals surface area contributed by atoms with E-state index in [1.54, 1.807) is 12.1 Å². The Bertz CT molecular complexity index is 1020. The van der Waals surface area contributed by atoms with Gasteiger partial charge in [-0.2, -0.15) is 0 Å². The van der Waals surface area contributed by atoms with Gasteiger partial charge >= 0.3 is 6.03 Å². The van der Waals surface area contributed by atoms with Crippen molar-refractivity contribution in [1.82, 2.24) is 10.6 Å². The zero-order chi connectivity index (χ0) is 20.4. The van der Waals surface area contributed by atoms with E-state index < -0.39 is 29.5 Å². The van der Waals surface area contributed by atoms with Crippen LogP contribution in [0.4, 0.5) is 4.79 Å². The number of aliphatic hydroxyl groups is 1. The minimum absolute atomic E-state index is 0.445. The predicted molar refractivity (Wildman–Crippen MR) is 111 cm³/mol. The van der Waals surface area contributed by atoms with Gasteiger partial charge in [-0.15, -0.1) is 0 Å². The van der Waals surface area contributed by atoms with Crippen molar-refractivity contribution in [2.24, 2.45) is 0 Å². The van der Waals surface area contributed by atoms with E-state index in [4.69, 9.17) is 0 Å². The average Bonchev–Trinajstić information content (AvgIpc) is 3.08. The number of carbonyl (C=O) groups is 2. The minimum atomic E-state index is -1.49. The van der Waals surface area contributed by atoms with Crippen LogP contribution >= 0.6 is 0 Å². The lowest BCUT2D eigenvalue weighted by Crippen LogP contribution is -2.55. The zero-order valence-corrected chi connectivity index (χ0v) is 16.0. The minimum Gasteiger partial charge on any atom is -0.385 e. The molecule has 29 heavy (non-hydrogen) atoms. The number of nitrogens with one attached hydrogen (secondary N) is 2. The normalized spacial score (nSPS) is 20.6. The molecule has 4 rings (SSSR count). The number of carbonyl (C=O) groups excluding carboxylic acids is 2. The first-order chi connectivity index (χ1) is 14.0. The molecule has 1 fully saturated rings. The molecule has 5 nitrogen and oxygen atoms in total. The smallest absolute Gasteiger partial charge is 0.322 e. The first-order valence-corrected chi connectivity index (χ1v) is 9.54. The van der Waals surface area contributed by atoms with Gasteiger partial charge in [0.15, 0.2) is 5.54 Å². The summed E-state index contributed by atoms with van der Waals surface area (Å²) in [5.74, 6) is -0.975. The molecule has 3 aromatic rings. The Hall–Kier alpha value is -3.44. The largest absolute Gasteiger partial charge is 0.385 e. The molecule has 3 unspecified atom stereocenters. The van der Waals surface area contributed by atoms with Crippen molar-refractivity contribution in [2.75, 3.05) is 0 Å². The van der Waals surface area contributed by atoms with Gasteiger partial charge in [-0.3, -0.25) is 10.1 Å². The highest BCUT2D eigenvalue weighted by molar-refractivity contribution is 6.08. The molecule has 0 bridgehead atoms. The number of hydrogen-bond donors (Lipinski definition) is 3. The third-order valence-electron chi connectivity index (χ3n) is 5.67. The quantitative estimate of drug-likeness (QED) is 0.584. The summed E-state index contributed by atoms with van der Waals surface area (Å²) in [6.07, 6.45) is -1.21. The Morgan fingerprint density at radius 2 is 1.31 bits per heavy atom. The summed E-state index contributed by atoms with van der Waals surface area (Å²) >= 11 is 0. The van der Waals surface area contributed by atoms with Gasteiger partial charge in [0, 0.05) is 5.92 Å². The van der Waals surface area contributed by atoms with Crippen molar-refractivity contribution in [3.8, 4) is 11.1 Å². The lowest BCUT2D eigenvalue weighted by atomic mass is 9.74. The fourth-order valence-electron chi connectivity index (χ4n) is 3.97. The van der Waals surface area contributed by atoms with Crippen LogP contribution in [0, 0.1) is 0 Å². The molecule has 1 aliphatic rings. The number of hydrogen-bond acceptors (Lipinski definition) is 3. The molecule has 1 aliphatic heterocycles. The van der Waals surface area contributed by atoms with Crippen molar-refractivity contribution >= 4 is 11.9 Å². The molecule has 0 spiro atoms. The molecular weight excluding hydrogens is 364 g/mol. The summed E-state index contributed by atoms with van der Waals surface area (Å²) in [5, 5.41) is 16.3. The monoisotopic (exact) mass is 386 g/mol. The number of imide groups is 1. The van der Waals surface area contributed by atoms with Crippen LogP contribution < -0.4 is 10.6 Å². The molecule has 0 aromatic heterocycles. The lowest BCUT2D eigenvalue weighted by Gasteiger charge is -2.37. The second kappa shape index (κ2) is 7.53. The van der Waals surface area contributed by atoms with E-state index in [-0.39, 0.29) is 0 Å². The molecule has 1 saturated heterocycles. The van der Waals surface area contributed by atoms with E-state index in [0.717, 1.165) is 16.7 Å². The molecule has 3 aromatic carbocycles. The van der Waals surface area contributed by atoms with E-state index in [2.05, 4.69) is 10.6 Å². The SMILES string of the molecule is CC(c1ccccc1)C1(C(O)c2ccc(-c3ccccc3)cc2)NC(=O)NC1=O. The van der Waals surface area contributed by atoms with Crippen LogP contribution in [-0.4, -0.2) is 22.6 Å². The van der Waals surface area contributed by atoms with Crippen LogP contribution in [0.2, 0.25) is 0 Å². The molecule has 3 N–H and O–H groups in total. The third-order valence-corrected chi connectivity index (χ3v) is 5.67. The van der Waals surface area contributed by atoms with E-state index in [1.165, 1.54) is 0 Å². The number of rotatable bonds is 5. The fraction of sp³-hybridized carbons (Fsp3) is 0.167. The van der Waals surface area contributed by atoms with Gasteiger partial charge in [0.2, 0.25) is 0 Å². The van der Waals surface area contributed by atoms with Gasteiger partial charge < -0.3 is 10.4 Å². The van der Waals surface area contributed by atoms with E-state index in [0.29, 0.717) is 5.56 Å². The third kappa shape index (κ3) is 3.30. The number of benzene rings is 3. The molecule has 0 saturated carbocycles. The van der Waals surface area contributed by atoms with Crippen molar-refractivity contribution in [3.63, 3.8) is 0 Å². The lowest BCUT2D eigenvalue weighted by molar-refractivity contribution is -0.129. The molecule has 146 valence electrons. The van der Waals surface area contributed by atoms with Gasteiger partial charge in [0.1, 0.15) is 6.10 Å². The van der Waals surface area contributed by atoms with Gasteiger partial charge in [-0.05, 0) is 22.3 Å². The fourth-order valence-corrected chi connectivity index (χ4v) is 3.97. The van der Waals surface area contributed by atoms with Crippen LogP contribution in [0.15, 0.2) is 84.9 Å². The van der Waals surface area contributed by atoms with Crippen LogP contribution in [0.25, 0.3) is 11.1 Å². The second-order valence-corrected chi connectivity index (χ2v) is 7.30. The Balaban J connectivity index is 1.72. The number of urea groups is 1. The standard InChI is InChI=1S/C24H22N2O3/c1-16(17-8-4-2-5-9-17)24(22(28)25-23(29)26-24)21(27)20-14-12-19(13-15-20)18-10-6-3-7-11-18/h2-16,21,27H,1H3,(H2,25,26,28,29). The average molecular weight is 386 g/mol. The van der Waals surface area contributed by atoms with Gasteiger partial charge in [-0.1, -0.05) is 91.9 Å². The molecule has 1 heterocycles. The van der Waals surface area contributed by atoms with Gasteiger partial charge in [0.25, 0.3) is 5.91 Å². The molecule has 0 aliphatic carbocycles. The molecule has 3 amide bonds. The Labute approximate surface area is 169 Å². The maximum absolute atomic E-state index is 12.9. The molecule has 5 heteroatoms. The summed E-state index contributed by atoms with van der Waals surface area (Å²) in [5.41, 5.74) is 1.99. The molecular formula is C24H22N2O3. The maximum Gasteiger partial charge on any atom is 0.322 e. The first-order valence-electron chi connectivity index (χ1n) is 9.54. The van der Waals surface area contributed by atoms with Crippen molar-refractivity contribution in [3.05, 3.63) is 96.1 Å². The van der Waals surface area contributed by atoms with Crippen LogP contribution in [0.1, 0.15) is 30.1 Å². The Morgan fingerprint density at radius 3 is 1.86 bits per heavy atom. The second-order valence-electron chi connectivity index (χ2n) is 7.30. The van der Waals surface area contributed by atoms with E-state index in [1.807, 2.05) is 79.7 Å². The zero-order valence-electron chi connectivity index (χ0n) is 16.0. The van der Waals surface area contributed by atoms with Crippen molar-refractivity contribution in [2.45, 2.75) is 24.5 Å². The van der Waals surface area contributed by atoms with Crippen LogP contribution in [-0.2, 0) is 4.79 Å². The molecule has 3 atom stereocenters. The summed E-state index contributed by atoms with van der Waals surface area (Å²) in [7, 11) is 0. The number of amides is 3. The Kier molecular flexibility index (Phi) is 4.91. The van der Waals surface area contributed by atoms with Crippen molar-refractivity contribution < 1.29 is 14.7 Å². The predicted octanol–water partition coefficient (Wildman–Crippen LogP) is 3.77. The van der Waals surface area contributed by atoms with E-state index >= 15 is 0 Å². The number of aliphatic hydroxyl groups excluding tert-OH is 1. The highest BCUT2D eigenvalue weighted by atomic mass is 16.3. The molecule has 0 radical (unpaired) electrons. The summed E-state index contributed by atoms with van der Waals surface area (Å²) in [6.45, 7) is 1.84. The van der Waals surface area contributed by atoms with Crippen molar-refractivity contribution in [1.29, 1.82) is 0 Å². The van der Waals surface area contributed by atoms with Crippen LogP contribution in [0.3, 0.4) is 0 Å². The highest BCUT2D eigenvalue weighted by Crippen LogP contribution is 2.40. The topological polar surface area (TPSA) is 78.4 Å². The van der Waals surface area contributed by atoms with Gasteiger partial charge in [0.05, 0.1) is 0 Å². The summed E-state index contributed by atoms with van der Waals surface area (Å²) in [4.78, 5) is 24.9. The first kappa shape index (κ1) is 18.9. The summed E-state index contributed by atoms with van der Waals surface area (Å²) < 4.78 is 0. The highest BCUT2D eigenvalue weighted by Gasteiger charge is 2.56. The maximum atomic E-state index is 12.9. The van der Waals surface area contributed by atoms with E-state index in [9.17, 15) is 14.7 Å². The summed E-state index contributed by atoms with van der Waals surface area (Å²) in [6, 6.07) is 26.1. The Morgan fingerprint density at radius 1 is 0.759 bits per heavy atom. The van der Waals surface area contributed by atoms with Crippen LogP contribution in [0.5, 0.6) is 0 Å². The van der Waals surface area contributed by atoms with Gasteiger partial charge in [-0.25, -0.2) is 4.79 Å².